The molecule has 0 saturated carbocycles. The van der Waals surface area contributed by atoms with Crippen molar-refractivity contribution < 1.29 is 14.2 Å². The molecule has 0 radical (unpaired) electrons. The molecule has 0 aliphatic carbocycles. The van der Waals surface area contributed by atoms with Crippen LogP contribution in [0, 0.1) is 5.82 Å². The summed E-state index contributed by atoms with van der Waals surface area (Å²) in [7, 11) is 1.34. The first-order valence-corrected chi connectivity index (χ1v) is 4.85. The standard InChI is InChI=1S/C10H13ClFNO2/c1-5(4-13)8-9(12)7(15-2)3-6(11)10(8)14/h3,5,14H,4,13H2,1-2H3. The monoisotopic (exact) mass is 233 g/mol. The van der Waals surface area contributed by atoms with Crippen LogP contribution in [0.25, 0.3) is 0 Å². The lowest BCUT2D eigenvalue weighted by molar-refractivity contribution is 0.376. The van der Waals surface area contributed by atoms with E-state index in [1.807, 2.05) is 0 Å². The Balaban J connectivity index is 3.40. The fourth-order valence-electron chi connectivity index (χ4n) is 1.33. The van der Waals surface area contributed by atoms with Gasteiger partial charge in [0.25, 0.3) is 0 Å². The van der Waals surface area contributed by atoms with Gasteiger partial charge in [-0.15, -0.1) is 0 Å². The first-order valence-electron chi connectivity index (χ1n) is 4.47. The molecule has 5 heteroatoms. The Hall–Kier alpha value is -1.00. The lowest BCUT2D eigenvalue weighted by Gasteiger charge is -2.15. The third kappa shape index (κ3) is 2.16. The minimum absolute atomic E-state index is 0.00750. The number of ether oxygens (including phenoxy) is 1. The third-order valence-electron chi connectivity index (χ3n) is 2.26. The summed E-state index contributed by atoms with van der Waals surface area (Å²) in [4.78, 5) is 0. The molecule has 3 nitrogen and oxygen atoms in total. The summed E-state index contributed by atoms with van der Waals surface area (Å²) in [6.07, 6.45) is 0. The Kier molecular flexibility index (Phi) is 3.77. The normalized spacial score (nSPS) is 12.6. The van der Waals surface area contributed by atoms with Gasteiger partial charge in [0.1, 0.15) is 5.75 Å². The largest absolute Gasteiger partial charge is 0.506 e. The molecule has 0 saturated heterocycles. The Bertz CT molecular complexity index is 371. The van der Waals surface area contributed by atoms with Crippen LogP contribution in [0.4, 0.5) is 4.39 Å². The zero-order valence-electron chi connectivity index (χ0n) is 8.55. The van der Waals surface area contributed by atoms with Gasteiger partial charge in [-0.25, -0.2) is 4.39 Å². The summed E-state index contributed by atoms with van der Waals surface area (Å²) in [5.41, 5.74) is 5.52. The molecule has 0 aliphatic heterocycles. The van der Waals surface area contributed by atoms with Crippen molar-refractivity contribution in [1.82, 2.24) is 0 Å². The summed E-state index contributed by atoms with van der Waals surface area (Å²) < 4.78 is 18.6. The van der Waals surface area contributed by atoms with Gasteiger partial charge in [0.2, 0.25) is 0 Å². The Morgan fingerprint density at radius 2 is 2.27 bits per heavy atom. The summed E-state index contributed by atoms with van der Waals surface area (Å²) >= 11 is 5.73. The van der Waals surface area contributed by atoms with Gasteiger partial charge in [-0.1, -0.05) is 18.5 Å². The van der Waals surface area contributed by atoms with E-state index in [9.17, 15) is 9.50 Å². The van der Waals surface area contributed by atoms with E-state index in [1.165, 1.54) is 13.2 Å². The summed E-state index contributed by atoms with van der Waals surface area (Å²) in [6, 6.07) is 1.24. The molecule has 0 spiro atoms. The first kappa shape index (κ1) is 12.1. The zero-order valence-corrected chi connectivity index (χ0v) is 9.31. The van der Waals surface area contributed by atoms with Crippen LogP contribution in [0.2, 0.25) is 5.02 Å². The van der Waals surface area contributed by atoms with Crippen molar-refractivity contribution in [2.75, 3.05) is 13.7 Å². The minimum Gasteiger partial charge on any atom is -0.506 e. The van der Waals surface area contributed by atoms with Crippen LogP contribution in [0.15, 0.2) is 6.07 Å². The maximum atomic E-state index is 13.8. The van der Waals surface area contributed by atoms with Gasteiger partial charge >= 0.3 is 0 Å². The van der Waals surface area contributed by atoms with E-state index in [0.717, 1.165) is 0 Å². The number of hydrogen-bond donors (Lipinski definition) is 2. The molecule has 3 N–H and O–H groups in total. The van der Waals surface area contributed by atoms with E-state index in [1.54, 1.807) is 6.92 Å². The predicted octanol–water partition coefficient (Wildman–Crippen LogP) is 2.26. The summed E-state index contributed by atoms with van der Waals surface area (Å²) in [5.74, 6) is -1.20. The average molecular weight is 234 g/mol. The smallest absolute Gasteiger partial charge is 0.172 e. The second-order valence-electron chi connectivity index (χ2n) is 3.27. The number of aromatic hydroxyl groups is 1. The molecule has 1 unspecified atom stereocenters. The van der Waals surface area contributed by atoms with Crippen LogP contribution >= 0.6 is 11.6 Å². The molecule has 1 atom stereocenters. The van der Waals surface area contributed by atoms with E-state index >= 15 is 0 Å². The van der Waals surface area contributed by atoms with Gasteiger partial charge in [0.05, 0.1) is 12.1 Å². The third-order valence-corrected chi connectivity index (χ3v) is 2.55. The number of phenols is 1. The molecule has 84 valence electrons. The fourth-order valence-corrected chi connectivity index (χ4v) is 1.53. The number of halogens is 2. The van der Waals surface area contributed by atoms with E-state index in [2.05, 4.69) is 0 Å². The van der Waals surface area contributed by atoms with Gasteiger partial charge in [0.15, 0.2) is 11.6 Å². The first-order chi connectivity index (χ1) is 7.02. The molecule has 0 amide bonds. The second-order valence-corrected chi connectivity index (χ2v) is 3.68. The van der Waals surface area contributed by atoms with Gasteiger partial charge in [-0.2, -0.15) is 0 Å². The van der Waals surface area contributed by atoms with Crippen LogP contribution in [0.3, 0.4) is 0 Å². The Labute approximate surface area is 92.6 Å². The number of nitrogens with two attached hydrogens (primary N) is 1. The van der Waals surface area contributed by atoms with Crippen molar-refractivity contribution in [1.29, 1.82) is 0 Å². The fraction of sp³-hybridized carbons (Fsp3) is 0.400. The van der Waals surface area contributed by atoms with Crippen LogP contribution in [-0.2, 0) is 0 Å². The van der Waals surface area contributed by atoms with Crippen LogP contribution in [0.1, 0.15) is 18.4 Å². The number of methoxy groups -OCH3 is 1. The predicted molar refractivity (Wildman–Crippen MR) is 57.1 cm³/mol. The number of benzene rings is 1. The van der Waals surface area contributed by atoms with Gasteiger partial charge in [-0.3, -0.25) is 0 Å². The number of phenolic OH excluding ortho intramolecular Hbond substituents is 1. The van der Waals surface area contributed by atoms with E-state index in [0.29, 0.717) is 0 Å². The second kappa shape index (κ2) is 4.68. The Morgan fingerprint density at radius 1 is 1.67 bits per heavy atom. The summed E-state index contributed by atoms with van der Waals surface area (Å²) in [6.45, 7) is 1.92. The van der Waals surface area contributed by atoms with Crippen molar-refractivity contribution in [3.05, 3.63) is 22.5 Å². The molecular weight excluding hydrogens is 221 g/mol. The van der Waals surface area contributed by atoms with Crippen molar-refractivity contribution in [2.24, 2.45) is 5.73 Å². The topological polar surface area (TPSA) is 55.5 Å². The van der Waals surface area contributed by atoms with E-state index in [-0.39, 0.29) is 34.5 Å². The van der Waals surface area contributed by atoms with Crippen molar-refractivity contribution >= 4 is 11.6 Å². The molecule has 0 aromatic heterocycles. The molecule has 0 fully saturated rings. The van der Waals surface area contributed by atoms with E-state index in [4.69, 9.17) is 22.1 Å². The van der Waals surface area contributed by atoms with Gasteiger partial charge in [-0.05, 0) is 6.54 Å². The quantitative estimate of drug-likeness (QED) is 0.842. The van der Waals surface area contributed by atoms with Crippen molar-refractivity contribution in [2.45, 2.75) is 12.8 Å². The van der Waals surface area contributed by atoms with Crippen LogP contribution in [0.5, 0.6) is 11.5 Å². The number of rotatable bonds is 3. The molecule has 1 rings (SSSR count). The average Bonchev–Trinajstić information content (AvgIpc) is 2.23. The molecular formula is C10H13ClFNO2. The molecule has 0 aliphatic rings. The molecule has 1 aromatic rings. The molecule has 1 aromatic carbocycles. The highest BCUT2D eigenvalue weighted by molar-refractivity contribution is 6.32. The molecule has 0 heterocycles. The van der Waals surface area contributed by atoms with Crippen LogP contribution in [-0.4, -0.2) is 18.8 Å². The zero-order chi connectivity index (χ0) is 11.6. The highest BCUT2D eigenvalue weighted by Gasteiger charge is 2.21. The van der Waals surface area contributed by atoms with E-state index < -0.39 is 5.82 Å². The lowest BCUT2D eigenvalue weighted by Crippen LogP contribution is -2.11. The maximum absolute atomic E-state index is 13.8. The van der Waals surface area contributed by atoms with Crippen LogP contribution < -0.4 is 10.5 Å². The summed E-state index contributed by atoms with van der Waals surface area (Å²) in [5, 5.41) is 9.68. The minimum atomic E-state index is -0.614. The highest BCUT2D eigenvalue weighted by atomic mass is 35.5. The highest BCUT2D eigenvalue weighted by Crippen LogP contribution is 2.39. The van der Waals surface area contributed by atoms with Gasteiger partial charge in [0, 0.05) is 17.5 Å². The number of hydrogen-bond acceptors (Lipinski definition) is 3. The van der Waals surface area contributed by atoms with Crippen molar-refractivity contribution in [3.63, 3.8) is 0 Å². The molecule has 15 heavy (non-hydrogen) atoms. The maximum Gasteiger partial charge on any atom is 0.172 e. The molecule has 0 bridgehead atoms. The lowest BCUT2D eigenvalue weighted by atomic mass is 9.99. The Morgan fingerprint density at radius 3 is 2.73 bits per heavy atom. The SMILES string of the molecule is COc1cc(Cl)c(O)c(C(C)CN)c1F. The van der Waals surface area contributed by atoms with Gasteiger partial charge < -0.3 is 15.6 Å². The van der Waals surface area contributed by atoms with Crippen molar-refractivity contribution in [3.8, 4) is 11.5 Å².